The lowest BCUT2D eigenvalue weighted by Gasteiger charge is -2.17. The van der Waals surface area contributed by atoms with E-state index in [1.54, 1.807) is 31.2 Å². The molecule has 0 aliphatic rings. The number of halogens is 1. The lowest BCUT2D eigenvalue weighted by Crippen LogP contribution is -2.36. The molecule has 0 aliphatic heterocycles. The fourth-order valence-electron chi connectivity index (χ4n) is 1.79. The molecular weight excluding hydrogens is 302 g/mol. The van der Waals surface area contributed by atoms with Crippen molar-refractivity contribution >= 4 is 17.5 Å². The number of ether oxygens (including phenoxy) is 1. The first-order chi connectivity index (χ1) is 10.6. The monoisotopic (exact) mass is 319 g/mol. The van der Waals surface area contributed by atoms with Gasteiger partial charge < -0.3 is 4.74 Å². The van der Waals surface area contributed by atoms with E-state index in [2.05, 4.69) is 5.48 Å². The van der Waals surface area contributed by atoms with Crippen molar-refractivity contribution in [3.05, 3.63) is 65.2 Å². The van der Waals surface area contributed by atoms with Crippen LogP contribution in [0.3, 0.4) is 0 Å². The van der Waals surface area contributed by atoms with Crippen molar-refractivity contribution in [3.8, 4) is 5.75 Å². The molecule has 116 valence electrons. The van der Waals surface area contributed by atoms with Crippen LogP contribution in [0.2, 0.25) is 5.02 Å². The first-order valence-electron chi connectivity index (χ1n) is 6.99. The fraction of sp³-hybridized carbons (Fsp3) is 0.235. The molecule has 0 saturated carbocycles. The third-order valence-electron chi connectivity index (χ3n) is 3.10. The Bertz CT molecular complexity index is 601. The predicted octanol–water partition coefficient (Wildman–Crippen LogP) is 3.92. The van der Waals surface area contributed by atoms with E-state index >= 15 is 0 Å². The summed E-state index contributed by atoms with van der Waals surface area (Å²) in [5.41, 5.74) is 3.40. The molecule has 0 heterocycles. The molecule has 1 amide bonds. The Morgan fingerprint density at radius 1 is 1.05 bits per heavy atom. The predicted molar refractivity (Wildman–Crippen MR) is 85.6 cm³/mol. The largest absolute Gasteiger partial charge is 0.481 e. The Kier molecular flexibility index (Phi) is 5.81. The Hall–Kier alpha value is -2.04. The van der Waals surface area contributed by atoms with E-state index in [1.165, 1.54) is 0 Å². The fourth-order valence-corrected chi connectivity index (χ4v) is 1.92. The number of hydroxylamine groups is 1. The van der Waals surface area contributed by atoms with Gasteiger partial charge in [-0.15, -0.1) is 0 Å². The van der Waals surface area contributed by atoms with E-state index in [0.29, 0.717) is 10.8 Å². The second kappa shape index (κ2) is 7.82. The highest BCUT2D eigenvalue weighted by molar-refractivity contribution is 6.30. The molecule has 0 bridgehead atoms. The van der Waals surface area contributed by atoms with Gasteiger partial charge >= 0.3 is 0 Å². The molecule has 4 nitrogen and oxygen atoms in total. The Morgan fingerprint density at radius 2 is 1.68 bits per heavy atom. The molecule has 0 fully saturated rings. The summed E-state index contributed by atoms with van der Waals surface area (Å²) in [6, 6.07) is 16.5. The minimum atomic E-state index is -0.677. The zero-order chi connectivity index (χ0) is 15.9. The third-order valence-corrected chi connectivity index (χ3v) is 3.35. The second-order valence-corrected chi connectivity index (χ2v) is 5.29. The molecule has 0 spiro atoms. The zero-order valence-electron chi connectivity index (χ0n) is 12.5. The summed E-state index contributed by atoms with van der Waals surface area (Å²) < 4.78 is 5.52. The van der Waals surface area contributed by atoms with Gasteiger partial charge in [-0.25, -0.2) is 5.48 Å². The first-order valence-corrected chi connectivity index (χ1v) is 7.36. The van der Waals surface area contributed by atoms with E-state index in [-0.39, 0.29) is 12.0 Å². The van der Waals surface area contributed by atoms with Crippen molar-refractivity contribution < 1.29 is 14.4 Å². The van der Waals surface area contributed by atoms with Gasteiger partial charge in [0.1, 0.15) is 11.9 Å². The molecule has 2 aromatic carbocycles. The SMILES string of the molecule is CC(Oc1ccc(Cl)cc1)C(=O)NOC(C)c1ccccc1. The molecule has 0 saturated heterocycles. The summed E-state index contributed by atoms with van der Waals surface area (Å²) in [5, 5.41) is 0.615. The van der Waals surface area contributed by atoms with Gasteiger partial charge in [0.05, 0.1) is 0 Å². The standard InChI is InChI=1S/C17H18ClNO3/c1-12(14-6-4-3-5-7-14)22-19-17(20)13(2)21-16-10-8-15(18)9-11-16/h3-13H,1-2H3,(H,19,20). The van der Waals surface area contributed by atoms with E-state index in [4.69, 9.17) is 21.2 Å². The van der Waals surface area contributed by atoms with Crippen LogP contribution in [-0.4, -0.2) is 12.0 Å². The summed E-state index contributed by atoms with van der Waals surface area (Å²) >= 11 is 5.80. The number of hydrogen-bond acceptors (Lipinski definition) is 3. The summed E-state index contributed by atoms with van der Waals surface area (Å²) in [6.07, 6.45) is -0.919. The maximum absolute atomic E-state index is 12.0. The van der Waals surface area contributed by atoms with Crippen LogP contribution >= 0.6 is 11.6 Å². The van der Waals surface area contributed by atoms with Gasteiger partial charge in [-0.1, -0.05) is 41.9 Å². The topological polar surface area (TPSA) is 47.6 Å². The summed E-state index contributed by atoms with van der Waals surface area (Å²) in [4.78, 5) is 17.3. The minimum absolute atomic E-state index is 0.243. The summed E-state index contributed by atoms with van der Waals surface area (Å²) in [6.45, 7) is 3.51. The number of carbonyl (C=O) groups is 1. The molecule has 1 N–H and O–H groups in total. The van der Waals surface area contributed by atoms with Crippen molar-refractivity contribution in [2.75, 3.05) is 0 Å². The molecule has 0 aromatic heterocycles. The number of nitrogens with one attached hydrogen (secondary N) is 1. The number of carbonyl (C=O) groups excluding carboxylic acids is 1. The van der Waals surface area contributed by atoms with Crippen LogP contribution in [0.15, 0.2) is 54.6 Å². The molecule has 22 heavy (non-hydrogen) atoms. The number of hydrogen-bond donors (Lipinski definition) is 1. The molecule has 2 rings (SSSR count). The molecule has 0 radical (unpaired) electrons. The van der Waals surface area contributed by atoms with Gasteiger partial charge in [-0.2, -0.15) is 0 Å². The third kappa shape index (κ3) is 4.76. The minimum Gasteiger partial charge on any atom is -0.481 e. The van der Waals surface area contributed by atoms with Crippen LogP contribution < -0.4 is 10.2 Å². The van der Waals surface area contributed by atoms with E-state index in [9.17, 15) is 4.79 Å². The number of benzene rings is 2. The molecule has 2 atom stereocenters. The van der Waals surface area contributed by atoms with Crippen LogP contribution in [0, 0.1) is 0 Å². The normalized spacial score (nSPS) is 13.2. The van der Waals surface area contributed by atoms with Gasteiger partial charge in [0.15, 0.2) is 6.10 Å². The smallest absolute Gasteiger partial charge is 0.284 e. The Balaban J connectivity index is 1.82. The van der Waals surface area contributed by atoms with Crippen molar-refractivity contribution in [2.24, 2.45) is 0 Å². The highest BCUT2D eigenvalue weighted by atomic mass is 35.5. The van der Waals surface area contributed by atoms with E-state index in [1.807, 2.05) is 37.3 Å². The Morgan fingerprint density at radius 3 is 2.32 bits per heavy atom. The van der Waals surface area contributed by atoms with E-state index < -0.39 is 6.10 Å². The molecule has 2 unspecified atom stereocenters. The molecule has 0 aliphatic carbocycles. The van der Waals surface area contributed by atoms with Crippen molar-refractivity contribution in [1.82, 2.24) is 5.48 Å². The second-order valence-electron chi connectivity index (χ2n) is 4.85. The van der Waals surface area contributed by atoms with Gasteiger partial charge in [-0.05, 0) is 43.7 Å². The number of amides is 1. The van der Waals surface area contributed by atoms with Crippen molar-refractivity contribution in [3.63, 3.8) is 0 Å². The summed E-state index contributed by atoms with van der Waals surface area (Å²) in [5.74, 6) is 0.223. The van der Waals surface area contributed by atoms with Gasteiger partial charge in [0.25, 0.3) is 5.91 Å². The van der Waals surface area contributed by atoms with Crippen molar-refractivity contribution in [2.45, 2.75) is 26.1 Å². The van der Waals surface area contributed by atoms with Crippen LogP contribution in [0.25, 0.3) is 0 Å². The highest BCUT2D eigenvalue weighted by Gasteiger charge is 2.16. The maximum atomic E-state index is 12.0. The highest BCUT2D eigenvalue weighted by Crippen LogP contribution is 2.17. The van der Waals surface area contributed by atoms with Crippen LogP contribution in [0.5, 0.6) is 5.75 Å². The number of rotatable bonds is 6. The summed E-state index contributed by atoms with van der Waals surface area (Å²) in [7, 11) is 0. The lowest BCUT2D eigenvalue weighted by atomic mass is 10.1. The van der Waals surface area contributed by atoms with Crippen molar-refractivity contribution in [1.29, 1.82) is 0 Å². The van der Waals surface area contributed by atoms with Gasteiger partial charge in [-0.3, -0.25) is 9.63 Å². The Labute approximate surface area is 135 Å². The van der Waals surface area contributed by atoms with Crippen LogP contribution in [0.4, 0.5) is 0 Å². The lowest BCUT2D eigenvalue weighted by molar-refractivity contribution is -0.144. The zero-order valence-corrected chi connectivity index (χ0v) is 13.2. The van der Waals surface area contributed by atoms with Gasteiger partial charge in [0, 0.05) is 5.02 Å². The van der Waals surface area contributed by atoms with E-state index in [0.717, 1.165) is 5.56 Å². The first kappa shape index (κ1) is 16.3. The van der Waals surface area contributed by atoms with Gasteiger partial charge in [0.2, 0.25) is 0 Å². The van der Waals surface area contributed by atoms with Crippen LogP contribution in [-0.2, 0) is 9.63 Å². The average molecular weight is 320 g/mol. The quantitative estimate of drug-likeness (QED) is 0.821. The van der Waals surface area contributed by atoms with Crippen LogP contribution in [0.1, 0.15) is 25.5 Å². The maximum Gasteiger partial charge on any atom is 0.284 e. The molecular formula is C17H18ClNO3. The molecule has 5 heteroatoms. The molecule has 2 aromatic rings. The average Bonchev–Trinajstić information content (AvgIpc) is 2.55.